The highest BCUT2D eigenvalue weighted by Gasteiger charge is 2.34. The number of anilines is 3. The Labute approximate surface area is 171 Å². The van der Waals surface area contributed by atoms with Gasteiger partial charge in [0, 0.05) is 42.1 Å². The monoisotopic (exact) mass is 387 g/mol. The zero-order valence-electron chi connectivity index (χ0n) is 16.6. The van der Waals surface area contributed by atoms with Gasteiger partial charge in [0.2, 0.25) is 0 Å². The van der Waals surface area contributed by atoms with E-state index in [-0.39, 0.29) is 29.4 Å². The predicted molar refractivity (Wildman–Crippen MR) is 116 cm³/mol. The Hall–Kier alpha value is -3.24. The molecule has 0 amide bonds. The Bertz CT molecular complexity index is 939. The lowest BCUT2D eigenvalue weighted by atomic mass is 9.86. The van der Waals surface area contributed by atoms with Crippen LogP contribution in [-0.4, -0.2) is 23.4 Å². The van der Waals surface area contributed by atoms with Gasteiger partial charge in [0.05, 0.1) is 11.8 Å². The largest absolute Gasteiger partial charge is 0.507 e. The number of rotatable bonds is 5. The third-order valence-corrected chi connectivity index (χ3v) is 5.54. The molecule has 0 aromatic heterocycles. The number of para-hydroxylation sites is 2. The van der Waals surface area contributed by atoms with Gasteiger partial charge in [0.1, 0.15) is 11.5 Å². The Morgan fingerprint density at radius 3 is 1.76 bits per heavy atom. The predicted octanol–water partition coefficient (Wildman–Crippen LogP) is 5.87. The van der Waals surface area contributed by atoms with Crippen molar-refractivity contribution in [2.24, 2.45) is 5.92 Å². The number of aromatic hydroxyl groups is 2. The van der Waals surface area contributed by atoms with E-state index >= 15 is 0 Å². The van der Waals surface area contributed by atoms with Crippen molar-refractivity contribution in [2.75, 3.05) is 12.0 Å². The summed E-state index contributed by atoms with van der Waals surface area (Å²) in [6, 6.07) is 23.2. The Morgan fingerprint density at radius 2 is 1.28 bits per heavy atom. The molecule has 0 radical (unpaired) electrons. The van der Waals surface area contributed by atoms with Gasteiger partial charge in [0.25, 0.3) is 0 Å². The third-order valence-electron chi connectivity index (χ3n) is 5.54. The molecule has 4 rings (SSSR count). The molecule has 0 saturated heterocycles. The zero-order valence-corrected chi connectivity index (χ0v) is 16.6. The minimum Gasteiger partial charge on any atom is -0.507 e. The fourth-order valence-corrected chi connectivity index (χ4v) is 4.16. The molecule has 148 valence electrons. The van der Waals surface area contributed by atoms with Gasteiger partial charge in [0.15, 0.2) is 0 Å². The van der Waals surface area contributed by atoms with Crippen LogP contribution in [0, 0.1) is 5.92 Å². The molecule has 1 aliphatic rings. The van der Waals surface area contributed by atoms with E-state index in [9.17, 15) is 10.2 Å². The van der Waals surface area contributed by atoms with Gasteiger partial charge in [-0.25, -0.2) is 0 Å². The number of allylic oxidation sites excluding steroid dienone is 1. The number of methoxy groups -OCH3 is 1. The lowest BCUT2D eigenvalue weighted by Gasteiger charge is -2.28. The molecule has 0 spiro atoms. The smallest absolute Gasteiger partial charge is 0.124 e. The molecule has 4 nitrogen and oxygen atoms in total. The summed E-state index contributed by atoms with van der Waals surface area (Å²) in [6.07, 6.45) is 3.88. The zero-order chi connectivity index (χ0) is 20.4. The first-order valence-corrected chi connectivity index (χ1v) is 9.77. The fourth-order valence-electron chi connectivity index (χ4n) is 4.16. The summed E-state index contributed by atoms with van der Waals surface area (Å²) in [5, 5.41) is 21.9. The molecule has 3 aromatic carbocycles. The van der Waals surface area contributed by atoms with E-state index in [0.29, 0.717) is 11.3 Å². The normalized spacial score (nSPS) is 20.7. The maximum Gasteiger partial charge on any atom is 0.124 e. The topological polar surface area (TPSA) is 52.9 Å². The quantitative estimate of drug-likeness (QED) is 0.538. The summed E-state index contributed by atoms with van der Waals surface area (Å²) >= 11 is 0. The van der Waals surface area contributed by atoms with Crippen molar-refractivity contribution in [3.63, 3.8) is 0 Å². The summed E-state index contributed by atoms with van der Waals surface area (Å²) in [5.41, 5.74) is 3.10. The maximum atomic E-state index is 10.9. The lowest BCUT2D eigenvalue weighted by Crippen LogP contribution is -2.19. The second-order valence-electron chi connectivity index (χ2n) is 7.37. The van der Waals surface area contributed by atoms with Crippen molar-refractivity contribution < 1.29 is 14.9 Å². The van der Waals surface area contributed by atoms with Gasteiger partial charge < -0.3 is 19.8 Å². The molecule has 0 bridgehead atoms. The molecular weight excluding hydrogens is 362 g/mol. The molecule has 1 aliphatic carbocycles. The Morgan fingerprint density at radius 1 is 0.759 bits per heavy atom. The maximum absolute atomic E-state index is 10.9. The van der Waals surface area contributed by atoms with Gasteiger partial charge in [-0.05, 0) is 30.2 Å². The first kappa shape index (κ1) is 19.1. The van der Waals surface area contributed by atoms with Crippen molar-refractivity contribution in [1.82, 2.24) is 0 Å². The minimum absolute atomic E-state index is 0.0689. The van der Waals surface area contributed by atoms with Crippen molar-refractivity contribution >= 4 is 17.1 Å². The second kappa shape index (κ2) is 8.02. The van der Waals surface area contributed by atoms with Crippen LogP contribution < -0.4 is 4.90 Å². The summed E-state index contributed by atoms with van der Waals surface area (Å²) < 4.78 is 5.56. The molecule has 0 saturated carbocycles. The van der Waals surface area contributed by atoms with Gasteiger partial charge in [-0.15, -0.1) is 0 Å². The molecule has 0 heterocycles. The number of benzene rings is 3. The summed E-state index contributed by atoms with van der Waals surface area (Å²) in [7, 11) is 1.65. The Balaban J connectivity index is 1.82. The van der Waals surface area contributed by atoms with Crippen LogP contribution in [0.1, 0.15) is 18.4 Å². The second-order valence-corrected chi connectivity index (χ2v) is 7.37. The number of hydrogen-bond acceptors (Lipinski definition) is 4. The number of phenolic OH excluding ortho intramolecular Hbond substituents is 2. The summed E-state index contributed by atoms with van der Waals surface area (Å²) in [6.45, 7) is 2.06. The van der Waals surface area contributed by atoms with Crippen LogP contribution in [0.4, 0.5) is 17.1 Å². The highest BCUT2D eigenvalue weighted by atomic mass is 16.5. The van der Waals surface area contributed by atoms with Crippen LogP contribution in [0.2, 0.25) is 0 Å². The summed E-state index contributed by atoms with van der Waals surface area (Å²) in [4.78, 5) is 2.01. The molecule has 0 aliphatic heterocycles. The van der Waals surface area contributed by atoms with E-state index < -0.39 is 0 Å². The molecule has 4 heteroatoms. The van der Waals surface area contributed by atoms with E-state index in [4.69, 9.17) is 4.74 Å². The van der Waals surface area contributed by atoms with E-state index in [1.54, 1.807) is 19.2 Å². The van der Waals surface area contributed by atoms with Crippen molar-refractivity contribution in [3.8, 4) is 11.5 Å². The van der Waals surface area contributed by atoms with Gasteiger partial charge in [-0.2, -0.15) is 0 Å². The van der Waals surface area contributed by atoms with Crippen LogP contribution in [0.25, 0.3) is 0 Å². The fraction of sp³-hybridized carbons (Fsp3) is 0.200. The number of ether oxygens (including phenoxy) is 1. The molecule has 29 heavy (non-hydrogen) atoms. The SMILES string of the molecule is COC1C=CC(C)C1c1c(O)cc(N(c2ccccc2)c2ccccc2)cc1O. The average Bonchev–Trinajstić information content (AvgIpc) is 3.10. The van der Waals surface area contributed by atoms with Gasteiger partial charge in [-0.1, -0.05) is 55.5 Å². The summed E-state index contributed by atoms with van der Waals surface area (Å²) in [5.74, 6) is 0.164. The van der Waals surface area contributed by atoms with Crippen LogP contribution in [0.5, 0.6) is 11.5 Å². The van der Waals surface area contributed by atoms with Crippen LogP contribution >= 0.6 is 0 Å². The third kappa shape index (κ3) is 3.59. The van der Waals surface area contributed by atoms with Crippen LogP contribution in [0.15, 0.2) is 84.9 Å². The van der Waals surface area contributed by atoms with E-state index in [2.05, 4.69) is 13.0 Å². The first-order chi connectivity index (χ1) is 14.1. The number of nitrogens with zero attached hydrogens (tertiary/aromatic N) is 1. The minimum atomic E-state index is -0.174. The van der Waals surface area contributed by atoms with Crippen LogP contribution in [-0.2, 0) is 4.74 Å². The number of hydrogen-bond donors (Lipinski definition) is 2. The molecule has 3 aromatic rings. The van der Waals surface area contributed by atoms with E-state index in [1.807, 2.05) is 71.6 Å². The van der Waals surface area contributed by atoms with E-state index in [1.165, 1.54) is 0 Å². The average molecular weight is 387 g/mol. The first-order valence-electron chi connectivity index (χ1n) is 9.77. The highest BCUT2D eigenvalue weighted by molar-refractivity contribution is 5.78. The molecule has 3 unspecified atom stereocenters. The van der Waals surface area contributed by atoms with Gasteiger partial charge in [-0.3, -0.25) is 0 Å². The highest BCUT2D eigenvalue weighted by Crippen LogP contribution is 2.47. The standard InChI is InChI=1S/C25H25NO3/c1-17-13-14-23(29-2)24(17)25-21(27)15-20(16-22(25)28)26(18-9-5-3-6-10-18)19-11-7-4-8-12-19/h3-17,23-24,27-28H,1-2H3. The molecular formula is C25H25NO3. The van der Waals surface area contributed by atoms with Crippen molar-refractivity contribution in [1.29, 1.82) is 0 Å². The molecule has 2 N–H and O–H groups in total. The Kier molecular flexibility index (Phi) is 5.28. The number of phenols is 2. The van der Waals surface area contributed by atoms with Gasteiger partial charge >= 0.3 is 0 Å². The molecule has 3 atom stereocenters. The van der Waals surface area contributed by atoms with E-state index in [0.717, 1.165) is 11.4 Å². The molecule has 0 fully saturated rings. The van der Waals surface area contributed by atoms with Crippen molar-refractivity contribution in [2.45, 2.75) is 18.9 Å². The van der Waals surface area contributed by atoms with Crippen LogP contribution in [0.3, 0.4) is 0 Å². The lowest BCUT2D eigenvalue weighted by molar-refractivity contribution is 0.114. The van der Waals surface area contributed by atoms with Crippen molar-refractivity contribution in [3.05, 3.63) is 90.5 Å².